The minimum Gasteiger partial charge on any atom is -0.463 e. The number of carbonyl (C=O) groups excluding carboxylic acids is 2. The molecule has 8 heteroatoms. The Kier molecular flexibility index (Phi) is 8.29. The fourth-order valence-corrected chi connectivity index (χ4v) is 5.24. The quantitative estimate of drug-likeness (QED) is 0.387. The Bertz CT molecular complexity index is 1090. The van der Waals surface area contributed by atoms with Gasteiger partial charge >= 0.3 is 5.97 Å². The molecule has 1 N–H and O–H groups in total. The second kappa shape index (κ2) is 11.6. The van der Waals surface area contributed by atoms with Gasteiger partial charge in [0.1, 0.15) is 0 Å². The average Bonchev–Trinajstić information content (AvgIpc) is 2.87. The SMILES string of the molecule is CCOC(=O)C1=C(c2ccccc2)N=C2SCCCN2C1c1ccc(NC(=O)CCCCl)cc1. The van der Waals surface area contributed by atoms with E-state index < -0.39 is 0 Å². The van der Waals surface area contributed by atoms with E-state index in [2.05, 4.69) is 10.2 Å². The third-order valence-corrected chi connectivity index (χ3v) is 7.00. The first-order valence-corrected chi connectivity index (χ1v) is 13.0. The number of nitrogens with zero attached hydrogens (tertiary/aromatic N) is 2. The van der Waals surface area contributed by atoms with Crippen molar-refractivity contribution in [3.63, 3.8) is 0 Å². The Morgan fingerprint density at radius 1 is 1.18 bits per heavy atom. The highest BCUT2D eigenvalue weighted by atomic mass is 35.5. The van der Waals surface area contributed by atoms with Crippen LogP contribution in [0.15, 0.2) is 65.2 Å². The zero-order valence-electron chi connectivity index (χ0n) is 19.1. The lowest BCUT2D eigenvalue weighted by atomic mass is 9.91. The predicted molar refractivity (Wildman–Crippen MR) is 139 cm³/mol. The van der Waals surface area contributed by atoms with E-state index in [0.29, 0.717) is 35.7 Å². The van der Waals surface area contributed by atoms with E-state index >= 15 is 0 Å². The number of rotatable bonds is 8. The van der Waals surface area contributed by atoms with Gasteiger partial charge in [0.15, 0.2) is 5.17 Å². The van der Waals surface area contributed by atoms with Gasteiger partial charge in [0.2, 0.25) is 5.91 Å². The number of nitrogens with one attached hydrogen (secondary N) is 1. The molecule has 2 heterocycles. The van der Waals surface area contributed by atoms with Crippen LogP contribution in [0.5, 0.6) is 0 Å². The summed E-state index contributed by atoms with van der Waals surface area (Å²) in [7, 11) is 0. The van der Waals surface area contributed by atoms with Crippen LogP contribution < -0.4 is 5.32 Å². The zero-order valence-corrected chi connectivity index (χ0v) is 20.7. The number of amides is 1. The highest BCUT2D eigenvalue weighted by Crippen LogP contribution is 2.43. The highest BCUT2D eigenvalue weighted by molar-refractivity contribution is 8.13. The number of alkyl halides is 1. The number of amidine groups is 1. The van der Waals surface area contributed by atoms with Crippen LogP contribution >= 0.6 is 23.4 Å². The largest absolute Gasteiger partial charge is 0.463 e. The molecule has 0 bridgehead atoms. The standard InChI is InChI=1S/C26H28ClN3O3S/c1-2-33-25(32)22-23(18-8-4-3-5-9-18)29-26-30(16-7-17-34-26)24(22)19-11-13-20(14-12-19)28-21(31)10-6-15-27/h3-5,8-9,11-14,24H,2,6-7,10,15-17H2,1H3,(H,28,31). The second-order valence-electron chi connectivity index (χ2n) is 8.00. The minimum atomic E-state index is -0.358. The van der Waals surface area contributed by atoms with Crippen molar-refractivity contribution < 1.29 is 14.3 Å². The third kappa shape index (κ3) is 5.47. The predicted octanol–water partition coefficient (Wildman–Crippen LogP) is 5.47. The molecular weight excluding hydrogens is 470 g/mol. The molecule has 2 aliphatic heterocycles. The van der Waals surface area contributed by atoms with E-state index in [0.717, 1.165) is 35.0 Å². The van der Waals surface area contributed by atoms with E-state index in [9.17, 15) is 9.59 Å². The first kappa shape index (κ1) is 24.4. The first-order chi connectivity index (χ1) is 16.6. The van der Waals surface area contributed by atoms with Gasteiger partial charge in [-0.25, -0.2) is 9.79 Å². The molecule has 2 aliphatic rings. The van der Waals surface area contributed by atoms with Crippen LogP contribution in [0.25, 0.3) is 5.70 Å². The summed E-state index contributed by atoms with van der Waals surface area (Å²) >= 11 is 7.40. The van der Waals surface area contributed by atoms with E-state index in [1.807, 2.05) is 61.5 Å². The molecule has 0 radical (unpaired) electrons. The van der Waals surface area contributed by atoms with E-state index in [-0.39, 0.29) is 24.5 Å². The van der Waals surface area contributed by atoms with Crippen LogP contribution in [0.3, 0.4) is 0 Å². The Balaban J connectivity index is 1.75. The second-order valence-corrected chi connectivity index (χ2v) is 9.44. The fraction of sp³-hybridized carbons (Fsp3) is 0.346. The zero-order chi connectivity index (χ0) is 23.9. The van der Waals surface area contributed by atoms with E-state index in [4.69, 9.17) is 21.3 Å². The molecule has 0 saturated carbocycles. The van der Waals surface area contributed by atoms with Gasteiger partial charge in [-0.1, -0.05) is 54.2 Å². The number of hydrogen-bond donors (Lipinski definition) is 1. The van der Waals surface area contributed by atoms with Crippen molar-refractivity contribution in [2.24, 2.45) is 4.99 Å². The number of fused-ring (bicyclic) bond motifs is 1. The first-order valence-electron chi connectivity index (χ1n) is 11.5. The van der Waals surface area contributed by atoms with Gasteiger partial charge in [0, 0.05) is 35.8 Å². The maximum absolute atomic E-state index is 13.3. The molecule has 6 nitrogen and oxygen atoms in total. The van der Waals surface area contributed by atoms with Crippen LogP contribution in [-0.4, -0.2) is 46.7 Å². The number of carbonyl (C=O) groups is 2. The summed E-state index contributed by atoms with van der Waals surface area (Å²) in [4.78, 5) is 32.5. The Labute approximate surface area is 209 Å². The molecule has 1 atom stereocenters. The summed E-state index contributed by atoms with van der Waals surface area (Å²) in [5, 5.41) is 3.83. The number of aliphatic imine (C=N–C) groups is 1. The van der Waals surface area contributed by atoms with Crippen molar-refractivity contribution in [2.75, 3.05) is 30.1 Å². The van der Waals surface area contributed by atoms with Crippen LogP contribution in [-0.2, 0) is 14.3 Å². The molecule has 2 aromatic carbocycles. The van der Waals surface area contributed by atoms with Gasteiger partial charge in [0.25, 0.3) is 0 Å². The summed E-state index contributed by atoms with van der Waals surface area (Å²) in [6, 6.07) is 17.1. The van der Waals surface area contributed by atoms with E-state index in [1.54, 1.807) is 11.8 Å². The summed E-state index contributed by atoms with van der Waals surface area (Å²) in [5.74, 6) is 1.03. The van der Waals surface area contributed by atoms with Crippen molar-refractivity contribution in [3.05, 3.63) is 71.3 Å². The van der Waals surface area contributed by atoms with Crippen molar-refractivity contribution in [1.29, 1.82) is 0 Å². The number of thioether (sulfide) groups is 1. The number of hydrogen-bond acceptors (Lipinski definition) is 6. The maximum atomic E-state index is 13.3. The van der Waals surface area contributed by atoms with Crippen LogP contribution in [0.4, 0.5) is 5.69 Å². The Morgan fingerprint density at radius 2 is 1.94 bits per heavy atom. The number of anilines is 1. The number of halogens is 1. The van der Waals surface area contributed by atoms with Crippen molar-refractivity contribution in [3.8, 4) is 0 Å². The Hall–Kier alpha value is -2.77. The van der Waals surface area contributed by atoms with Gasteiger partial charge in [-0.05, 0) is 37.5 Å². The van der Waals surface area contributed by atoms with Gasteiger partial charge in [0.05, 0.1) is 23.9 Å². The normalized spacial score (nSPS) is 17.6. The molecular formula is C26H28ClN3O3S. The summed E-state index contributed by atoms with van der Waals surface area (Å²) in [6.45, 7) is 2.90. The summed E-state index contributed by atoms with van der Waals surface area (Å²) in [5.41, 5.74) is 3.74. The van der Waals surface area contributed by atoms with Crippen LogP contribution in [0.1, 0.15) is 43.4 Å². The molecule has 0 aromatic heterocycles. The lowest BCUT2D eigenvalue weighted by Gasteiger charge is -2.41. The maximum Gasteiger partial charge on any atom is 0.338 e. The van der Waals surface area contributed by atoms with Crippen LogP contribution in [0.2, 0.25) is 0 Å². The molecule has 178 valence electrons. The molecule has 1 fully saturated rings. The average molecular weight is 498 g/mol. The van der Waals surface area contributed by atoms with E-state index in [1.165, 1.54) is 0 Å². The minimum absolute atomic E-state index is 0.0635. The Morgan fingerprint density at radius 3 is 2.65 bits per heavy atom. The third-order valence-electron chi connectivity index (χ3n) is 5.66. The van der Waals surface area contributed by atoms with Crippen molar-refractivity contribution in [2.45, 2.75) is 32.2 Å². The number of benzene rings is 2. The monoisotopic (exact) mass is 497 g/mol. The van der Waals surface area contributed by atoms with Gasteiger partial charge in [-0.2, -0.15) is 0 Å². The lowest BCUT2D eigenvalue weighted by molar-refractivity contribution is -0.139. The smallest absolute Gasteiger partial charge is 0.338 e. The van der Waals surface area contributed by atoms with Gasteiger partial charge in [-0.3, -0.25) is 4.79 Å². The lowest BCUT2D eigenvalue weighted by Crippen LogP contribution is -2.42. The van der Waals surface area contributed by atoms with Crippen molar-refractivity contribution >= 4 is 51.8 Å². The topological polar surface area (TPSA) is 71.0 Å². The number of esters is 1. The molecule has 2 aromatic rings. The highest BCUT2D eigenvalue weighted by Gasteiger charge is 2.39. The molecule has 1 saturated heterocycles. The molecule has 1 unspecified atom stereocenters. The summed E-state index contributed by atoms with van der Waals surface area (Å²) in [6.07, 6.45) is 2.03. The van der Waals surface area contributed by atoms with Crippen LogP contribution in [0, 0.1) is 0 Å². The molecule has 1 amide bonds. The molecule has 4 rings (SSSR count). The fourth-order valence-electron chi connectivity index (χ4n) is 4.13. The molecule has 34 heavy (non-hydrogen) atoms. The molecule has 0 aliphatic carbocycles. The van der Waals surface area contributed by atoms with Gasteiger partial charge in [-0.15, -0.1) is 11.6 Å². The van der Waals surface area contributed by atoms with Crippen molar-refractivity contribution in [1.82, 2.24) is 4.90 Å². The molecule has 0 spiro atoms. The number of ether oxygens (including phenoxy) is 1. The van der Waals surface area contributed by atoms with Gasteiger partial charge < -0.3 is 15.0 Å². The summed E-state index contributed by atoms with van der Waals surface area (Å²) < 4.78 is 5.51.